The Morgan fingerprint density at radius 1 is 1.25 bits per heavy atom. The molecule has 2 aromatic rings. The minimum atomic E-state index is -0.414. The third-order valence-electron chi connectivity index (χ3n) is 2.97. The first-order valence-corrected chi connectivity index (χ1v) is 6.19. The number of ether oxygens (including phenoxy) is 1. The quantitative estimate of drug-likeness (QED) is 0.618. The molecule has 4 nitrogen and oxygen atoms in total. The molecule has 0 aliphatic carbocycles. The predicted octanol–water partition coefficient (Wildman–Crippen LogP) is 3.66. The third kappa shape index (κ3) is 3.32. The SMILES string of the molecule is Cc1ccc(F)cc1OCCc1ccccc1[N+](=O)[O-]. The van der Waals surface area contributed by atoms with Crippen molar-refractivity contribution in [2.24, 2.45) is 0 Å². The zero-order chi connectivity index (χ0) is 14.5. The molecule has 0 aliphatic rings. The zero-order valence-corrected chi connectivity index (χ0v) is 11.0. The van der Waals surface area contributed by atoms with E-state index >= 15 is 0 Å². The number of rotatable bonds is 5. The average molecular weight is 275 g/mol. The molecule has 104 valence electrons. The van der Waals surface area contributed by atoms with Gasteiger partial charge in [-0.2, -0.15) is 0 Å². The number of para-hydroxylation sites is 1. The van der Waals surface area contributed by atoms with Crippen molar-refractivity contribution in [3.63, 3.8) is 0 Å². The Bertz CT molecular complexity index is 628. The van der Waals surface area contributed by atoms with Gasteiger partial charge in [-0.1, -0.05) is 24.3 Å². The van der Waals surface area contributed by atoms with E-state index in [1.807, 2.05) is 6.92 Å². The predicted molar refractivity (Wildman–Crippen MR) is 73.4 cm³/mol. The second-order valence-corrected chi connectivity index (χ2v) is 4.39. The Morgan fingerprint density at radius 3 is 2.75 bits per heavy atom. The van der Waals surface area contributed by atoms with Gasteiger partial charge in [0.25, 0.3) is 5.69 Å². The Morgan fingerprint density at radius 2 is 2.00 bits per heavy atom. The van der Waals surface area contributed by atoms with E-state index in [9.17, 15) is 14.5 Å². The molecule has 2 rings (SSSR count). The summed E-state index contributed by atoms with van der Waals surface area (Å²) in [7, 11) is 0. The highest BCUT2D eigenvalue weighted by Crippen LogP contribution is 2.21. The molecular weight excluding hydrogens is 261 g/mol. The average Bonchev–Trinajstić information content (AvgIpc) is 2.43. The van der Waals surface area contributed by atoms with Gasteiger partial charge in [-0.05, 0) is 18.6 Å². The highest BCUT2D eigenvalue weighted by atomic mass is 19.1. The fraction of sp³-hybridized carbons (Fsp3) is 0.200. The van der Waals surface area contributed by atoms with Crippen LogP contribution in [-0.4, -0.2) is 11.5 Å². The van der Waals surface area contributed by atoms with E-state index in [0.717, 1.165) is 5.56 Å². The Kier molecular flexibility index (Phi) is 4.30. The number of hydrogen-bond acceptors (Lipinski definition) is 3. The molecule has 0 saturated carbocycles. The van der Waals surface area contributed by atoms with E-state index in [1.165, 1.54) is 18.2 Å². The van der Waals surface area contributed by atoms with Crippen LogP contribution in [0.2, 0.25) is 0 Å². The smallest absolute Gasteiger partial charge is 0.272 e. The first kappa shape index (κ1) is 14.0. The van der Waals surface area contributed by atoms with Crippen LogP contribution in [0, 0.1) is 22.9 Å². The maximum Gasteiger partial charge on any atom is 0.272 e. The highest BCUT2D eigenvalue weighted by Gasteiger charge is 2.12. The number of halogens is 1. The number of nitrogens with zero attached hydrogens (tertiary/aromatic N) is 1. The van der Waals surface area contributed by atoms with Crippen LogP contribution in [0.5, 0.6) is 5.75 Å². The van der Waals surface area contributed by atoms with Crippen LogP contribution < -0.4 is 4.74 Å². The minimum Gasteiger partial charge on any atom is -0.493 e. The van der Waals surface area contributed by atoms with Crippen LogP contribution in [0.3, 0.4) is 0 Å². The zero-order valence-electron chi connectivity index (χ0n) is 11.0. The molecule has 5 heteroatoms. The van der Waals surface area contributed by atoms with Gasteiger partial charge in [0.15, 0.2) is 0 Å². The summed E-state index contributed by atoms with van der Waals surface area (Å²) in [4.78, 5) is 10.5. The number of nitro groups is 1. The van der Waals surface area contributed by atoms with Crippen molar-refractivity contribution in [2.45, 2.75) is 13.3 Å². The Labute approximate surface area is 116 Å². The van der Waals surface area contributed by atoms with Crippen molar-refractivity contribution >= 4 is 5.69 Å². The van der Waals surface area contributed by atoms with Gasteiger partial charge in [0, 0.05) is 24.1 Å². The van der Waals surface area contributed by atoms with Gasteiger partial charge in [0.2, 0.25) is 0 Å². The molecule has 0 atom stereocenters. The monoisotopic (exact) mass is 275 g/mol. The number of hydrogen-bond donors (Lipinski definition) is 0. The fourth-order valence-electron chi connectivity index (χ4n) is 1.90. The summed E-state index contributed by atoms with van der Waals surface area (Å²) in [6.07, 6.45) is 0.396. The van der Waals surface area contributed by atoms with Gasteiger partial charge in [-0.3, -0.25) is 10.1 Å². The topological polar surface area (TPSA) is 52.4 Å². The Hall–Kier alpha value is -2.43. The van der Waals surface area contributed by atoms with Crippen LogP contribution in [0.25, 0.3) is 0 Å². The summed E-state index contributed by atoms with van der Waals surface area (Å²) in [5, 5.41) is 10.9. The lowest BCUT2D eigenvalue weighted by molar-refractivity contribution is -0.385. The summed E-state index contributed by atoms with van der Waals surface area (Å²) in [6, 6.07) is 10.8. The maximum atomic E-state index is 13.1. The van der Waals surface area contributed by atoms with Crippen LogP contribution in [0.15, 0.2) is 42.5 Å². The highest BCUT2D eigenvalue weighted by molar-refractivity contribution is 5.40. The molecule has 0 fully saturated rings. The fourth-order valence-corrected chi connectivity index (χ4v) is 1.90. The minimum absolute atomic E-state index is 0.0760. The van der Waals surface area contributed by atoms with Gasteiger partial charge in [-0.25, -0.2) is 4.39 Å². The number of aryl methyl sites for hydroxylation is 1. The van der Waals surface area contributed by atoms with Gasteiger partial charge in [-0.15, -0.1) is 0 Å². The van der Waals surface area contributed by atoms with Crippen LogP contribution in [0.4, 0.5) is 10.1 Å². The molecular formula is C15H14FNO3. The molecule has 0 spiro atoms. The largest absolute Gasteiger partial charge is 0.493 e. The van der Waals surface area contributed by atoms with Crippen molar-refractivity contribution < 1.29 is 14.1 Å². The van der Waals surface area contributed by atoms with Crippen molar-refractivity contribution in [2.75, 3.05) is 6.61 Å². The first-order chi connectivity index (χ1) is 9.58. The van der Waals surface area contributed by atoms with E-state index in [4.69, 9.17) is 4.74 Å². The third-order valence-corrected chi connectivity index (χ3v) is 2.97. The van der Waals surface area contributed by atoms with Crippen LogP contribution >= 0.6 is 0 Å². The van der Waals surface area contributed by atoms with E-state index in [1.54, 1.807) is 24.3 Å². The Balaban J connectivity index is 2.03. The van der Waals surface area contributed by atoms with Crippen molar-refractivity contribution in [3.05, 3.63) is 69.5 Å². The standard InChI is InChI=1S/C15H14FNO3/c1-11-6-7-13(16)10-15(11)20-9-8-12-4-2-3-5-14(12)17(18)19/h2-7,10H,8-9H2,1H3. The van der Waals surface area contributed by atoms with Gasteiger partial charge in [0.1, 0.15) is 11.6 Å². The van der Waals surface area contributed by atoms with E-state index < -0.39 is 4.92 Å². The van der Waals surface area contributed by atoms with Gasteiger partial charge < -0.3 is 4.74 Å². The molecule has 2 aromatic carbocycles. The van der Waals surface area contributed by atoms with Crippen molar-refractivity contribution in [1.29, 1.82) is 0 Å². The maximum absolute atomic E-state index is 13.1. The van der Waals surface area contributed by atoms with Crippen molar-refractivity contribution in [1.82, 2.24) is 0 Å². The number of nitro benzene ring substituents is 1. The van der Waals surface area contributed by atoms with E-state index in [0.29, 0.717) is 17.7 Å². The second kappa shape index (κ2) is 6.14. The van der Waals surface area contributed by atoms with E-state index in [-0.39, 0.29) is 18.1 Å². The second-order valence-electron chi connectivity index (χ2n) is 4.39. The molecule has 0 aliphatic heterocycles. The van der Waals surface area contributed by atoms with Crippen LogP contribution in [0.1, 0.15) is 11.1 Å². The summed E-state index contributed by atoms with van der Waals surface area (Å²) < 4.78 is 18.6. The summed E-state index contributed by atoms with van der Waals surface area (Å²) >= 11 is 0. The molecule has 0 saturated heterocycles. The van der Waals surface area contributed by atoms with E-state index in [2.05, 4.69) is 0 Å². The lowest BCUT2D eigenvalue weighted by Gasteiger charge is -2.09. The first-order valence-electron chi connectivity index (χ1n) is 6.19. The number of benzene rings is 2. The molecule has 0 aromatic heterocycles. The molecule has 0 radical (unpaired) electrons. The molecule has 0 heterocycles. The lowest BCUT2D eigenvalue weighted by atomic mass is 10.1. The lowest BCUT2D eigenvalue weighted by Crippen LogP contribution is -2.05. The van der Waals surface area contributed by atoms with Gasteiger partial charge >= 0.3 is 0 Å². The molecule has 0 N–H and O–H groups in total. The molecule has 20 heavy (non-hydrogen) atoms. The summed E-state index contributed by atoms with van der Waals surface area (Å²) in [5.74, 6) is 0.0971. The molecule has 0 bridgehead atoms. The molecule has 0 unspecified atom stereocenters. The summed E-state index contributed by atoms with van der Waals surface area (Å²) in [5.41, 5.74) is 1.51. The normalized spacial score (nSPS) is 10.3. The summed E-state index contributed by atoms with van der Waals surface area (Å²) in [6.45, 7) is 2.08. The van der Waals surface area contributed by atoms with Crippen molar-refractivity contribution in [3.8, 4) is 5.75 Å². The van der Waals surface area contributed by atoms with Gasteiger partial charge in [0.05, 0.1) is 11.5 Å². The van der Waals surface area contributed by atoms with Crippen LogP contribution in [-0.2, 0) is 6.42 Å². The molecule has 0 amide bonds.